The molecular weight excluding hydrogens is 290 g/mol. The summed E-state index contributed by atoms with van der Waals surface area (Å²) in [6, 6.07) is 6.53. The van der Waals surface area contributed by atoms with Crippen LogP contribution in [0.4, 0.5) is 5.69 Å². The molecule has 21 heavy (non-hydrogen) atoms. The number of rotatable bonds is 7. The predicted molar refractivity (Wildman–Crippen MR) is 81.0 cm³/mol. The van der Waals surface area contributed by atoms with Gasteiger partial charge in [0.2, 0.25) is 10.0 Å². The Bertz CT molecular complexity index is 662. The standard InChI is InChI=1S/C15H19NO4S/c1-3-16(21(2,19)20)13-7-5-4-6-12(13)15(18)10-14(17)11-8-9-11/h4-7,11H,3,8-10H2,1-2H3. The fourth-order valence-electron chi connectivity index (χ4n) is 2.31. The maximum absolute atomic E-state index is 12.3. The molecule has 0 radical (unpaired) electrons. The van der Waals surface area contributed by atoms with Crippen LogP contribution in [0.1, 0.15) is 36.5 Å². The average Bonchev–Trinajstić information content (AvgIpc) is 3.22. The van der Waals surface area contributed by atoms with E-state index in [0.717, 1.165) is 19.1 Å². The van der Waals surface area contributed by atoms with Gasteiger partial charge in [-0.3, -0.25) is 13.9 Å². The Kier molecular flexibility index (Phi) is 4.46. The summed E-state index contributed by atoms with van der Waals surface area (Å²) in [5, 5.41) is 0. The highest BCUT2D eigenvalue weighted by Gasteiger charge is 2.31. The van der Waals surface area contributed by atoms with E-state index in [-0.39, 0.29) is 30.4 Å². The Morgan fingerprint density at radius 2 is 1.86 bits per heavy atom. The molecule has 114 valence electrons. The molecule has 1 aliphatic carbocycles. The minimum Gasteiger partial charge on any atom is -0.299 e. The van der Waals surface area contributed by atoms with Crippen LogP contribution in [0.25, 0.3) is 0 Å². The van der Waals surface area contributed by atoms with E-state index >= 15 is 0 Å². The molecule has 5 nitrogen and oxygen atoms in total. The average molecular weight is 309 g/mol. The Labute approximate surface area is 125 Å². The van der Waals surface area contributed by atoms with Crippen LogP contribution in [0.3, 0.4) is 0 Å². The van der Waals surface area contributed by atoms with Gasteiger partial charge in [-0.2, -0.15) is 0 Å². The second-order valence-electron chi connectivity index (χ2n) is 5.29. The highest BCUT2D eigenvalue weighted by Crippen LogP contribution is 2.32. The Morgan fingerprint density at radius 1 is 1.24 bits per heavy atom. The first-order valence-corrected chi connectivity index (χ1v) is 8.82. The molecule has 1 saturated carbocycles. The molecule has 0 aliphatic heterocycles. The van der Waals surface area contributed by atoms with Gasteiger partial charge in [-0.05, 0) is 31.9 Å². The van der Waals surface area contributed by atoms with Gasteiger partial charge in [-0.1, -0.05) is 12.1 Å². The van der Waals surface area contributed by atoms with E-state index < -0.39 is 10.0 Å². The molecule has 1 aromatic carbocycles. The minimum absolute atomic E-state index is 0.0262. The zero-order valence-electron chi connectivity index (χ0n) is 12.2. The molecule has 1 aromatic rings. The SMILES string of the molecule is CCN(c1ccccc1C(=O)CC(=O)C1CC1)S(C)(=O)=O. The Hall–Kier alpha value is -1.69. The van der Waals surface area contributed by atoms with Gasteiger partial charge in [0.1, 0.15) is 5.78 Å². The molecular formula is C15H19NO4S. The van der Waals surface area contributed by atoms with E-state index in [0.29, 0.717) is 11.3 Å². The molecule has 0 unspecified atom stereocenters. The molecule has 1 aliphatic rings. The first kappa shape index (κ1) is 15.7. The molecule has 0 N–H and O–H groups in total. The summed E-state index contributed by atoms with van der Waals surface area (Å²) in [6.07, 6.45) is 2.67. The number of anilines is 1. The van der Waals surface area contributed by atoms with Gasteiger partial charge in [0.05, 0.1) is 18.4 Å². The van der Waals surface area contributed by atoms with Crippen molar-refractivity contribution in [1.82, 2.24) is 0 Å². The third-order valence-electron chi connectivity index (χ3n) is 3.53. The summed E-state index contributed by atoms with van der Waals surface area (Å²) in [4.78, 5) is 24.1. The molecule has 2 rings (SSSR count). The zero-order chi connectivity index (χ0) is 15.6. The van der Waals surface area contributed by atoms with Gasteiger partial charge in [0, 0.05) is 18.0 Å². The normalized spacial score (nSPS) is 14.8. The molecule has 0 amide bonds. The van der Waals surface area contributed by atoms with Crippen LogP contribution in [-0.2, 0) is 14.8 Å². The molecule has 0 heterocycles. The van der Waals surface area contributed by atoms with Gasteiger partial charge in [-0.15, -0.1) is 0 Å². The van der Waals surface area contributed by atoms with Crippen LogP contribution in [-0.4, -0.2) is 32.8 Å². The van der Waals surface area contributed by atoms with Crippen molar-refractivity contribution in [3.63, 3.8) is 0 Å². The number of hydrogen-bond acceptors (Lipinski definition) is 4. The van der Waals surface area contributed by atoms with Crippen molar-refractivity contribution in [2.75, 3.05) is 17.1 Å². The monoisotopic (exact) mass is 309 g/mol. The number of Topliss-reactive ketones (excluding diaryl/α,β-unsaturated/α-hetero) is 2. The molecule has 0 aromatic heterocycles. The summed E-state index contributed by atoms with van der Waals surface area (Å²) >= 11 is 0. The first-order valence-electron chi connectivity index (χ1n) is 6.97. The van der Waals surface area contributed by atoms with Crippen LogP contribution in [0.2, 0.25) is 0 Å². The van der Waals surface area contributed by atoms with Gasteiger partial charge < -0.3 is 0 Å². The summed E-state index contributed by atoms with van der Waals surface area (Å²) in [6.45, 7) is 1.94. The van der Waals surface area contributed by atoms with Crippen LogP contribution in [0.5, 0.6) is 0 Å². The zero-order valence-corrected chi connectivity index (χ0v) is 13.0. The van der Waals surface area contributed by atoms with Crippen molar-refractivity contribution in [3.8, 4) is 0 Å². The minimum atomic E-state index is -3.46. The van der Waals surface area contributed by atoms with Crippen molar-refractivity contribution in [2.24, 2.45) is 5.92 Å². The van der Waals surface area contributed by atoms with Crippen molar-refractivity contribution in [3.05, 3.63) is 29.8 Å². The smallest absolute Gasteiger partial charge is 0.232 e. The van der Waals surface area contributed by atoms with Crippen molar-refractivity contribution in [2.45, 2.75) is 26.2 Å². The number of hydrogen-bond donors (Lipinski definition) is 0. The van der Waals surface area contributed by atoms with Crippen LogP contribution < -0.4 is 4.31 Å². The lowest BCUT2D eigenvalue weighted by atomic mass is 10.0. The maximum atomic E-state index is 12.3. The molecule has 0 saturated heterocycles. The topological polar surface area (TPSA) is 71.5 Å². The lowest BCUT2D eigenvalue weighted by molar-refractivity contribution is -0.119. The number of ketones is 2. The van der Waals surface area contributed by atoms with E-state index in [1.165, 1.54) is 4.31 Å². The van der Waals surface area contributed by atoms with Gasteiger partial charge in [0.15, 0.2) is 5.78 Å². The summed E-state index contributed by atoms with van der Waals surface area (Å²) in [5.74, 6) is -0.333. The Morgan fingerprint density at radius 3 is 2.38 bits per heavy atom. The lowest BCUT2D eigenvalue weighted by Crippen LogP contribution is -2.31. The van der Waals surface area contributed by atoms with Crippen LogP contribution in [0.15, 0.2) is 24.3 Å². The molecule has 1 fully saturated rings. The molecule has 0 atom stereocenters. The quantitative estimate of drug-likeness (QED) is 0.570. The van der Waals surface area contributed by atoms with Gasteiger partial charge in [-0.25, -0.2) is 8.42 Å². The number of carbonyl (C=O) groups excluding carboxylic acids is 2. The van der Waals surface area contributed by atoms with E-state index in [1.807, 2.05) is 0 Å². The highest BCUT2D eigenvalue weighted by atomic mass is 32.2. The van der Waals surface area contributed by atoms with Crippen LogP contribution >= 0.6 is 0 Å². The summed E-state index contributed by atoms with van der Waals surface area (Å²) < 4.78 is 24.8. The van der Waals surface area contributed by atoms with Crippen LogP contribution in [0, 0.1) is 5.92 Å². The summed E-state index contributed by atoms with van der Waals surface area (Å²) in [7, 11) is -3.46. The third kappa shape index (κ3) is 3.69. The fraction of sp³-hybridized carbons (Fsp3) is 0.467. The molecule has 0 bridgehead atoms. The molecule has 0 spiro atoms. The number of benzene rings is 1. The second kappa shape index (κ2) is 5.97. The molecule has 6 heteroatoms. The third-order valence-corrected chi connectivity index (χ3v) is 4.78. The van der Waals surface area contributed by atoms with Gasteiger partial charge >= 0.3 is 0 Å². The van der Waals surface area contributed by atoms with E-state index in [2.05, 4.69) is 0 Å². The second-order valence-corrected chi connectivity index (χ2v) is 7.19. The number of carbonyl (C=O) groups is 2. The highest BCUT2D eigenvalue weighted by molar-refractivity contribution is 7.92. The summed E-state index contributed by atoms with van der Waals surface area (Å²) in [5.41, 5.74) is 0.634. The van der Waals surface area contributed by atoms with E-state index in [4.69, 9.17) is 0 Å². The van der Waals surface area contributed by atoms with E-state index in [9.17, 15) is 18.0 Å². The van der Waals surface area contributed by atoms with Crippen molar-refractivity contribution >= 4 is 27.3 Å². The maximum Gasteiger partial charge on any atom is 0.232 e. The van der Waals surface area contributed by atoms with Crippen molar-refractivity contribution in [1.29, 1.82) is 0 Å². The lowest BCUT2D eigenvalue weighted by Gasteiger charge is -2.22. The predicted octanol–water partition coefficient (Wildman–Crippen LogP) is 2.02. The van der Waals surface area contributed by atoms with Gasteiger partial charge in [0.25, 0.3) is 0 Å². The largest absolute Gasteiger partial charge is 0.299 e. The number of nitrogens with zero attached hydrogens (tertiary/aromatic N) is 1. The number of sulfonamides is 1. The van der Waals surface area contributed by atoms with E-state index in [1.54, 1.807) is 31.2 Å². The van der Waals surface area contributed by atoms with Crippen molar-refractivity contribution < 1.29 is 18.0 Å². The first-order chi connectivity index (χ1) is 9.84. The fourth-order valence-corrected chi connectivity index (χ4v) is 3.30. The number of para-hydroxylation sites is 1. The Balaban J connectivity index is 2.31.